The highest BCUT2D eigenvalue weighted by Crippen LogP contribution is 2.29. The van der Waals surface area contributed by atoms with Gasteiger partial charge in [-0.3, -0.25) is 9.20 Å². The maximum Gasteiger partial charge on any atom is 0.350 e. The van der Waals surface area contributed by atoms with E-state index in [0.717, 1.165) is 38.8 Å². The van der Waals surface area contributed by atoms with Crippen LogP contribution in [-0.4, -0.2) is 43.8 Å². The lowest BCUT2D eigenvalue weighted by Gasteiger charge is -2.11. The second kappa shape index (κ2) is 9.48. The highest BCUT2D eigenvalue weighted by Gasteiger charge is 2.18. The molecule has 4 aromatic rings. The molecule has 172 valence electrons. The van der Waals surface area contributed by atoms with Crippen LogP contribution >= 0.6 is 23.1 Å². The Morgan fingerprint density at radius 3 is 2.67 bits per heavy atom. The summed E-state index contributed by atoms with van der Waals surface area (Å²) in [6.07, 6.45) is 0.273. The van der Waals surface area contributed by atoms with Crippen molar-refractivity contribution in [2.75, 3.05) is 17.7 Å². The molecule has 1 aromatic carbocycles. The Balaban J connectivity index is 1.47. The van der Waals surface area contributed by atoms with Gasteiger partial charge in [-0.2, -0.15) is 0 Å². The van der Waals surface area contributed by atoms with Gasteiger partial charge in [0.05, 0.1) is 17.8 Å². The van der Waals surface area contributed by atoms with Crippen LogP contribution in [0.5, 0.6) is 0 Å². The molecule has 0 bridgehead atoms. The second-order valence-corrected chi connectivity index (χ2v) is 9.84. The highest BCUT2D eigenvalue weighted by molar-refractivity contribution is 7.99. The van der Waals surface area contributed by atoms with Gasteiger partial charge in [-0.25, -0.2) is 9.78 Å². The lowest BCUT2D eigenvalue weighted by atomic mass is 10.0. The SMILES string of the molecule is CCOC(=O)c1sc(NC(=O)CCSc2nnc3cc(C)c4cc(C)cc(C)c4n23)nc1C. The maximum absolute atomic E-state index is 12.5. The molecule has 0 aliphatic rings. The molecule has 0 fully saturated rings. The summed E-state index contributed by atoms with van der Waals surface area (Å²) in [5.74, 6) is -0.0645. The van der Waals surface area contributed by atoms with Crippen molar-refractivity contribution in [3.05, 3.63) is 45.5 Å². The van der Waals surface area contributed by atoms with E-state index < -0.39 is 5.97 Å². The molecule has 1 N–H and O–H groups in total. The fraction of sp³-hybridized carbons (Fsp3) is 0.348. The molecule has 0 aliphatic heterocycles. The van der Waals surface area contributed by atoms with Crippen molar-refractivity contribution in [3.8, 4) is 0 Å². The molecule has 0 saturated heterocycles. The number of anilines is 1. The first kappa shape index (κ1) is 23.2. The first-order valence-electron chi connectivity index (χ1n) is 10.6. The number of hydrogen-bond acceptors (Lipinski definition) is 8. The molecule has 0 spiro atoms. The second-order valence-electron chi connectivity index (χ2n) is 7.78. The third-order valence-electron chi connectivity index (χ3n) is 5.16. The molecule has 33 heavy (non-hydrogen) atoms. The molecule has 3 heterocycles. The van der Waals surface area contributed by atoms with Crippen LogP contribution in [0.25, 0.3) is 16.6 Å². The number of nitrogens with one attached hydrogen (secondary N) is 1. The maximum atomic E-state index is 12.5. The molecular formula is C23H25N5O3S2. The number of pyridine rings is 1. The number of aryl methyl sites for hydroxylation is 4. The minimum atomic E-state index is -0.421. The molecule has 0 atom stereocenters. The molecule has 0 unspecified atom stereocenters. The Kier molecular flexibility index (Phi) is 6.66. The molecule has 1 amide bonds. The zero-order chi connectivity index (χ0) is 23.7. The number of aromatic nitrogens is 4. The predicted molar refractivity (Wildman–Crippen MR) is 131 cm³/mol. The van der Waals surface area contributed by atoms with Crippen LogP contribution in [0.4, 0.5) is 5.13 Å². The monoisotopic (exact) mass is 483 g/mol. The highest BCUT2D eigenvalue weighted by atomic mass is 32.2. The topological polar surface area (TPSA) is 98.5 Å². The fourth-order valence-electron chi connectivity index (χ4n) is 3.76. The van der Waals surface area contributed by atoms with Crippen molar-refractivity contribution >= 4 is 56.7 Å². The van der Waals surface area contributed by atoms with Crippen LogP contribution in [0.1, 0.15) is 45.4 Å². The summed E-state index contributed by atoms with van der Waals surface area (Å²) >= 11 is 2.61. The molecule has 3 aromatic heterocycles. The van der Waals surface area contributed by atoms with Crippen molar-refractivity contribution in [2.45, 2.75) is 46.2 Å². The minimum absolute atomic E-state index is 0.173. The normalized spacial score (nSPS) is 11.3. The fourth-order valence-corrected chi connectivity index (χ4v) is 5.52. The molecule has 4 rings (SSSR count). The first-order chi connectivity index (χ1) is 15.8. The van der Waals surface area contributed by atoms with E-state index in [4.69, 9.17) is 4.74 Å². The van der Waals surface area contributed by atoms with E-state index in [9.17, 15) is 9.59 Å². The first-order valence-corrected chi connectivity index (χ1v) is 12.4. The van der Waals surface area contributed by atoms with E-state index in [0.29, 0.717) is 28.1 Å². The number of ether oxygens (including phenoxy) is 1. The number of carbonyl (C=O) groups is 2. The van der Waals surface area contributed by atoms with Gasteiger partial charge in [-0.1, -0.05) is 34.7 Å². The Morgan fingerprint density at radius 1 is 1.12 bits per heavy atom. The molecule has 0 aliphatic carbocycles. The van der Waals surface area contributed by atoms with Gasteiger partial charge in [-0.05, 0) is 57.9 Å². The largest absolute Gasteiger partial charge is 0.462 e. The van der Waals surface area contributed by atoms with Crippen molar-refractivity contribution in [3.63, 3.8) is 0 Å². The lowest BCUT2D eigenvalue weighted by molar-refractivity contribution is -0.115. The number of esters is 1. The quantitative estimate of drug-likeness (QED) is 0.296. The summed E-state index contributed by atoms with van der Waals surface area (Å²) in [5.41, 5.74) is 5.97. The van der Waals surface area contributed by atoms with Crippen molar-refractivity contribution in [1.82, 2.24) is 19.6 Å². The molecule has 0 saturated carbocycles. The van der Waals surface area contributed by atoms with Gasteiger partial charge >= 0.3 is 5.97 Å². The zero-order valence-electron chi connectivity index (χ0n) is 19.2. The molecular weight excluding hydrogens is 458 g/mol. The number of fused-ring (bicyclic) bond motifs is 3. The van der Waals surface area contributed by atoms with Crippen molar-refractivity contribution in [2.24, 2.45) is 0 Å². The third-order valence-corrected chi connectivity index (χ3v) is 7.14. The standard InChI is InChI=1S/C23H25N5O3S2/c1-6-31-21(30)20-15(5)24-22(33-20)25-18(29)7-8-32-23-27-26-17-11-13(3)16-10-12(2)9-14(4)19(16)28(17)23/h9-11H,6-8H2,1-5H3,(H,24,25,29). The Bertz CT molecular complexity index is 1380. The lowest BCUT2D eigenvalue weighted by Crippen LogP contribution is -2.12. The summed E-state index contributed by atoms with van der Waals surface area (Å²) in [7, 11) is 0. The van der Waals surface area contributed by atoms with Gasteiger partial charge in [0.25, 0.3) is 0 Å². The summed E-state index contributed by atoms with van der Waals surface area (Å²) in [6.45, 7) is 10.0. The zero-order valence-corrected chi connectivity index (χ0v) is 20.8. The van der Waals surface area contributed by atoms with E-state index in [1.165, 1.54) is 22.7 Å². The predicted octanol–water partition coefficient (Wildman–Crippen LogP) is 4.87. The number of nitrogens with zero attached hydrogens (tertiary/aromatic N) is 4. The summed E-state index contributed by atoms with van der Waals surface area (Å²) in [5, 5.41) is 13.8. The van der Waals surface area contributed by atoms with E-state index in [2.05, 4.69) is 57.8 Å². The van der Waals surface area contributed by atoms with Crippen LogP contribution in [0, 0.1) is 27.7 Å². The Labute approximate surface area is 199 Å². The van der Waals surface area contributed by atoms with Crippen LogP contribution in [0.3, 0.4) is 0 Å². The van der Waals surface area contributed by atoms with Gasteiger partial charge in [0, 0.05) is 17.6 Å². The van der Waals surface area contributed by atoms with Crippen LogP contribution in [0.15, 0.2) is 23.4 Å². The van der Waals surface area contributed by atoms with E-state index in [1.54, 1.807) is 13.8 Å². The van der Waals surface area contributed by atoms with E-state index >= 15 is 0 Å². The Morgan fingerprint density at radius 2 is 1.91 bits per heavy atom. The third kappa shape index (κ3) is 4.72. The van der Waals surface area contributed by atoms with Crippen molar-refractivity contribution in [1.29, 1.82) is 0 Å². The van der Waals surface area contributed by atoms with Crippen molar-refractivity contribution < 1.29 is 14.3 Å². The molecule has 8 nitrogen and oxygen atoms in total. The number of thiazole rings is 1. The van der Waals surface area contributed by atoms with E-state index in [1.807, 2.05) is 6.07 Å². The number of benzene rings is 1. The summed E-state index contributed by atoms with van der Waals surface area (Å²) in [6, 6.07) is 6.38. The van der Waals surface area contributed by atoms with Gasteiger partial charge in [0.2, 0.25) is 5.91 Å². The number of thioether (sulfide) groups is 1. The summed E-state index contributed by atoms with van der Waals surface area (Å²) < 4.78 is 7.09. The van der Waals surface area contributed by atoms with Crippen LogP contribution in [-0.2, 0) is 9.53 Å². The average molecular weight is 484 g/mol. The average Bonchev–Trinajstić information content (AvgIpc) is 3.31. The van der Waals surface area contributed by atoms with Gasteiger partial charge < -0.3 is 10.1 Å². The summed E-state index contributed by atoms with van der Waals surface area (Å²) in [4.78, 5) is 29.1. The molecule has 0 radical (unpaired) electrons. The minimum Gasteiger partial charge on any atom is -0.462 e. The van der Waals surface area contributed by atoms with Gasteiger partial charge in [0.15, 0.2) is 15.9 Å². The van der Waals surface area contributed by atoms with Crippen LogP contribution in [0.2, 0.25) is 0 Å². The van der Waals surface area contributed by atoms with Gasteiger partial charge in [-0.15, -0.1) is 10.2 Å². The van der Waals surface area contributed by atoms with Gasteiger partial charge in [0.1, 0.15) is 4.88 Å². The van der Waals surface area contributed by atoms with Crippen LogP contribution < -0.4 is 5.32 Å². The number of rotatable bonds is 7. The Hall–Kier alpha value is -2.98. The number of hydrogen-bond donors (Lipinski definition) is 1. The smallest absolute Gasteiger partial charge is 0.350 e. The number of carbonyl (C=O) groups excluding carboxylic acids is 2. The van der Waals surface area contributed by atoms with E-state index in [-0.39, 0.29) is 12.3 Å². The molecule has 10 heteroatoms. The number of amides is 1.